The third-order valence-corrected chi connectivity index (χ3v) is 3.41. The highest BCUT2D eigenvalue weighted by Crippen LogP contribution is 2.08. The average molecular weight is 318 g/mol. The predicted molar refractivity (Wildman–Crippen MR) is 84.0 cm³/mol. The van der Waals surface area contributed by atoms with Gasteiger partial charge in [-0.25, -0.2) is 4.39 Å². The standard InChI is InChI=1S/C16H19FN4O2/c17-14-1-3-15(4-2-14)20-12-13(11-18)16(22)19-5-6-21-7-9-23-10-8-21/h1-4,12,20H,5-10H2,(H,19,22)/b13-12-. The lowest BCUT2D eigenvalue weighted by atomic mass is 10.2. The number of amides is 1. The van der Waals surface area contributed by atoms with E-state index in [-0.39, 0.29) is 11.4 Å². The van der Waals surface area contributed by atoms with E-state index in [1.165, 1.54) is 30.5 Å². The Morgan fingerprint density at radius 1 is 1.35 bits per heavy atom. The van der Waals surface area contributed by atoms with Crippen LogP contribution in [0.1, 0.15) is 0 Å². The number of rotatable bonds is 6. The summed E-state index contributed by atoms with van der Waals surface area (Å²) in [7, 11) is 0. The van der Waals surface area contributed by atoms with Gasteiger partial charge in [0.15, 0.2) is 0 Å². The van der Waals surface area contributed by atoms with Crippen LogP contribution in [-0.2, 0) is 9.53 Å². The van der Waals surface area contributed by atoms with Crippen LogP contribution in [0.25, 0.3) is 0 Å². The topological polar surface area (TPSA) is 77.4 Å². The predicted octanol–water partition coefficient (Wildman–Crippen LogP) is 1.09. The summed E-state index contributed by atoms with van der Waals surface area (Å²) >= 11 is 0. The van der Waals surface area contributed by atoms with Crippen molar-refractivity contribution < 1.29 is 13.9 Å². The third kappa shape index (κ3) is 5.70. The van der Waals surface area contributed by atoms with Gasteiger partial charge in [-0.1, -0.05) is 0 Å². The van der Waals surface area contributed by atoms with Crippen molar-refractivity contribution in [1.29, 1.82) is 5.26 Å². The minimum absolute atomic E-state index is 0.0312. The highest BCUT2D eigenvalue weighted by atomic mass is 19.1. The summed E-state index contributed by atoms with van der Waals surface area (Å²) in [6.45, 7) is 4.30. The Hall–Kier alpha value is -2.43. The lowest BCUT2D eigenvalue weighted by Gasteiger charge is -2.26. The Balaban J connectivity index is 1.79. The first kappa shape index (κ1) is 16.9. The molecule has 0 spiro atoms. The van der Waals surface area contributed by atoms with Crippen molar-refractivity contribution >= 4 is 11.6 Å². The number of morpholine rings is 1. The Kier molecular flexibility index (Phi) is 6.54. The molecule has 6 nitrogen and oxygen atoms in total. The Morgan fingerprint density at radius 2 is 2.04 bits per heavy atom. The normalized spacial score (nSPS) is 15.7. The lowest BCUT2D eigenvalue weighted by Crippen LogP contribution is -2.41. The maximum atomic E-state index is 12.8. The molecule has 1 aliphatic heterocycles. The van der Waals surface area contributed by atoms with Gasteiger partial charge in [0.1, 0.15) is 17.5 Å². The molecule has 2 N–H and O–H groups in total. The molecule has 2 rings (SSSR count). The molecule has 0 saturated carbocycles. The average Bonchev–Trinajstić information content (AvgIpc) is 2.58. The van der Waals surface area contributed by atoms with E-state index in [1.807, 2.05) is 6.07 Å². The fourth-order valence-corrected chi connectivity index (χ4v) is 2.10. The van der Waals surface area contributed by atoms with Gasteiger partial charge in [0.05, 0.1) is 13.2 Å². The molecule has 122 valence electrons. The number of carbonyl (C=O) groups excluding carboxylic acids is 1. The highest BCUT2D eigenvalue weighted by molar-refractivity contribution is 5.97. The molecule has 1 heterocycles. The first-order valence-electron chi connectivity index (χ1n) is 7.40. The second-order valence-corrected chi connectivity index (χ2v) is 5.03. The van der Waals surface area contributed by atoms with Crippen LogP contribution >= 0.6 is 0 Å². The first-order chi connectivity index (χ1) is 11.2. The van der Waals surface area contributed by atoms with E-state index >= 15 is 0 Å². The van der Waals surface area contributed by atoms with Crippen LogP contribution in [0, 0.1) is 17.1 Å². The number of nitriles is 1. The second-order valence-electron chi connectivity index (χ2n) is 5.03. The molecular weight excluding hydrogens is 299 g/mol. The van der Waals surface area contributed by atoms with Gasteiger partial charge in [-0.15, -0.1) is 0 Å². The van der Waals surface area contributed by atoms with E-state index in [9.17, 15) is 9.18 Å². The zero-order valence-electron chi connectivity index (χ0n) is 12.7. The molecule has 0 atom stereocenters. The summed E-state index contributed by atoms with van der Waals surface area (Å²) in [6, 6.07) is 7.49. The van der Waals surface area contributed by atoms with E-state index in [4.69, 9.17) is 10.00 Å². The molecule has 0 unspecified atom stereocenters. The summed E-state index contributed by atoms with van der Waals surface area (Å²) in [5, 5.41) is 14.6. The van der Waals surface area contributed by atoms with Crippen molar-refractivity contribution in [2.75, 3.05) is 44.7 Å². The zero-order chi connectivity index (χ0) is 16.5. The van der Waals surface area contributed by atoms with E-state index in [2.05, 4.69) is 15.5 Å². The van der Waals surface area contributed by atoms with Gasteiger partial charge < -0.3 is 15.4 Å². The molecule has 1 fully saturated rings. The summed E-state index contributed by atoms with van der Waals surface area (Å²) in [4.78, 5) is 14.1. The smallest absolute Gasteiger partial charge is 0.263 e. The number of halogens is 1. The summed E-state index contributed by atoms with van der Waals surface area (Å²) in [6.07, 6.45) is 1.32. The van der Waals surface area contributed by atoms with Crippen molar-refractivity contribution in [2.24, 2.45) is 0 Å². The molecule has 0 aliphatic carbocycles. The van der Waals surface area contributed by atoms with Gasteiger partial charge in [-0.3, -0.25) is 9.69 Å². The number of hydrogen-bond donors (Lipinski definition) is 2. The molecule has 0 aromatic heterocycles. The van der Waals surface area contributed by atoms with E-state index in [0.29, 0.717) is 25.4 Å². The minimum atomic E-state index is -0.435. The largest absolute Gasteiger partial charge is 0.379 e. The minimum Gasteiger partial charge on any atom is -0.379 e. The molecule has 1 amide bonds. The van der Waals surface area contributed by atoms with Crippen molar-refractivity contribution in [3.8, 4) is 6.07 Å². The van der Waals surface area contributed by atoms with Crippen molar-refractivity contribution in [2.45, 2.75) is 0 Å². The Labute approximate surface area is 134 Å². The maximum absolute atomic E-state index is 12.8. The van der Waals surface area contributed by atoms with Gasteiger partial charge in [0.25, 0.3) is 5.91 Å². The number of benzene rings is 1. The molecule has 0 bridgehead atoms. The van der Waals surface area contributed by atoms with Crippen LogP contribution in [0.2, 0.25) is 0 Å². The van der Waals surface area contributed by atoms with Crippen molar-refractivity contribution in [3.63, 3.8) is 0 Å². The zero-order valence-corrected chi connectivity index (χ0v) is 12.7. The quantitative estimate of drug-likeness (QED) is 0.606. The number of nitrogens with one attached hydrogen (secondary N) is 2. The second kappa shape index (κ2) is 8.88. The fraction of sp³-hybridized carbons (Fsp3) is 0.375. The lowest BCUT2D eigenvalue weighted by molar-refractivity contribution is -0.117. The number of carbonyl (C=O) groups is 1. The van der Waals surface area contributed by atoms with Crippen LogP contribution in [0.15, 0.2) is 36.0 Å². The molecule has 1 saturated heterocycles. The van der Waals surface area contributed by atoms with Gasteiger partial charge in [-0.2, -0.15) is 5.26 Å². The summed E-state index contributed by atoms with van der Waals surface area (Å²) in [5.74, 6) is -0.781. The van der Waals surface area contributed by atoms with E-state index < -0.39 is 5.91 Å². The molecule has 1 aliphatic rings. The molecule has 0 radical (unpaired) electrons. The van der Waals surface area contributed by atoms with Crippen LogP contribution in [0.4, 0.5) is 10.1 Å². The van der Waals surface area contributed by atoms with Gasteiger partial charge in [-0.05, 0) is 24.3 Å². The SMILES string of the molecule is N#C/C(=C/Nc1ccc(F)cc1)C(=O)NCCN1CCOCC1. The highest BCUT2D eigenvalue weighted by Gasteiger charge is 2.12. The molecule has 7 heteroatoms. The molecular formula is C16H19FN4O2. The molecule has 23 heavy (non-hydrogen) atoms. The fourth-order valence-electron chi connectivity index (χ4n) is 2.10. The summed E-state index contributed by atoms with van der Waals surface area (Å²) < 4.78 is 18.1. The van der Waals surface area contributed by atoms with Gasteiger partial charge in [0.2, 0.25) is 0 Å². The summed E-state index contributed by atoms with van der Waals surface area (Å²) in [5.41, 5.74) is 0.566. The number of hydrogen-bond acceptors (Lipinski definition) is 5. The number of anilines is 1. The maximum Gasteiger partial charge on any atom is 0.263 e. The number of nitrogens with zero attached hydrogens (tertiary/aromatic N) is 2. The van der Waals surface area contributed by atoms with Crippen LogP contribution in [-0.4, -0.2) is 50.2 Å². The Morgan fingerprint density at radius 3 is 2.70 bits per heavy atom. The third-order valence-electron chi connectivity index (χ3n) is 3.41. The van der Waals surface area contributed by atoms with E-state index in [1.54, 1.807) is 0 Å². The molecule has 1 aromatic carbocycles. The van der Waals surface area contributed by atoms with Crippen LogP contribution in [0.5, 0.6) is 0 Å². The van der Waals surface area contributed by atoms with Crippen LogP contribution < -0.4 is 10.6 Å². The monoisotopic (exact) mass is 318 g/mol. The van der Waals surface area contributed by atoms with Crippen molar-refractivity contribution in [1.82, 2.24) is 10.2 Å². The van der Waals surface area contributed by atoms with Crippen molar-refractivity contribution in [3.05, 3.63) is 41.9 Å². The number of ether oxygens (including phenoxy) is 1. The van der Waals surface area contributed by atoms with Gasteiger partial charge in [0, 0.05) is 38.1 Å². The Bertz CT molecular complexity index is 589. The van der Waals surface area contributed by atoms with Crippen LogP contribution in [0.3, 0.4) is 0 Å². The first-order valence-corrected chi connectivity index (χ1v) is 7.40. The molecule has 1 aromatic rings. The van der Waals surface area contributed by atoms with Gasteiger partial charge >= 0.3 is 0 Å². The van der Waals surface area contributed by atoms with E-state index in [0.717, 1.165) is 19.6 Å².